The average molecular weight is 1830 g/mol. The molecule has 0 radical (unpaired) electrons. The molecule has 5 aliphatic rings. The number of alkyl halides is 6. The van der Waals surface area contributed by atoms with Crippen molar-refractivity contribution in [3.8, 4) is 17.2 Å². The molecule has 0 saturated heterocycles. The summed E-state index contributed by atoms with van der Waals surface area (Å²) in [6, 6.07) is 37.9. The number of ether oxygens (including phenoxy) is 3. The number of likely N-dealkylation sites (N-methyl/N-ethyl adjacent to an activating group) is 7. The van der Waals surface area contributed by atoms with Crippen LogP contribution in [0.2, 0.25) is 0 Å². The number of aryl methyl sites for hydroxylation is 2. The van der Waals surface area contributed by atoms with Gasteiger partial charge >= 0.3 is 12.4 Å². The van der Waals surface area contributed by atoms with Crippen molar-refractivity contribution in [1.29, 1.82) is 0 Å². The molecule has 1 aromatic heterocycles. The van der Waals surface area contributed by atoms with E-state index in [0.717, 1.165) is 173 Å². The summed E-state index contributed by atoms with van der Waals surface area (Å²) in [6.45, 7) is 19.7. The zero-order valence-electron chi connectivity index (χ0n) is 78.1. The smallest absolute Gasteiger partial charge is 0.416 e. The van der Waals surface area contributed by atoms with Crippen LogP contribution < -0.4 is 48.2 Å². The third-order valence-electron chi connectivity index (χ3n) is 21.2. The topological polar surface area (TPSA) is 280 Å². The van der Waals surface area contributed by atoms with Crippen LogP contribution >= 0.6 is 0 Å². The van der Waals surface area contributed by atoms with Gasteiger partial charge in [0.2, 0.25) is 0 Å². The molecule has 12 rings (SSSR count). The van der Waals surface area contributed by atoms with Crippen LogP contribution in [0.25, 0.3) is 36.5 Å². The minimum absolute atomic E-state index is 0.109. The Morgan fingerprint density at radius 3 is 1.22 bits per heavy atom. The van der Waals surface area contributed by atoms with Crippen LogP contribution in [0.5, 0.6) is 17.2 Å². The van der Waals surface area contributed by atoms with Crippen molar-refractivity contribution >= 4 is 65.0 Å². The van der Waals surface area contributed by atoms with Crippen LogP contribution in [0.4, 0.5) is 35.1 Å². The molecule has 0 spiro atoms. The van der Waals surface area contributed by atoms with E-state index < -0.39 is 35.1 Å². The molecule has 0 aliphatic carbocycles. The molecule has 0 fully saturated rings. The molecule has 0 atom stereocenters. The van der Waals surface area contributed by atoms with Gasteiger partial charge in [0.05, 0.1) is 99.9 Å². The highest BCUT2D eigenvalue weighted by atomic mass is 19.4. The maximum atomic E-state index is 13.6. The quantitative estimate of drug-likeness (QED) is 0.0175. The summed E-state index contributed by atoms with van der Waals surface area (Å²) in [6.07, 6.45) is 23.3. The van der Waals surface area contributed by atoms with Crippen molar-refractivity contribution in [1.82, 2.24) is 44.9 Å². The summed E-state index contributed by atoms with van der Waals surface area (Å²) in [5, 5.41) is 10.4. The number of halogens is 8. The van der Waals surface area contributed by atoms with E-state index >= 15 is 0 Å². The van der Waals surface area contributed by atoms with Gasteiger partial charge in [-0.25, -0.2) is 8.78 Å². The number of allylic oxidation sites excluding steroid dienone is 4. The molecule has 6 heterocycles. The van der Waals surface area contributed by atoms with E-state index in [1.807, 2.05) is 99.0 Å². The lowest BCUT2D eigenvalue weighted by Gasteiger charge is -2.17. The molecule has 132 heavy (non-hydrogen) atoms. The van der Waals surface area contributed by atoms with Gasteiger partial charge in [-0.15, -0.1) is 0 Å². The molecule has 0 unspecified atom stereocenters. The molecule has 7 aromatic rings. The van der Waals surface area contributed by atoms with E-state index in [4.69, 9.17) is 42.9 Å². The number of aliphatic imine (C=N–C) groups is 5. The van der Waals surface area contributed by atoms with Gasteiger partial charge in [-0.2, -0.15) is 31.4 Å². The number of H-pyrrole nitrogens is 1. The van der Waals surface area contributed by atoms with Gasteiger partial charge in [0.25, 0.3) is 0 Å². The zero-order valence-corrected chi connectivity index (χ0v) is 78.1. The number of hydrogen-bond acceptors (Lipinski definition) is 21. The number of benzene rings is 6. The lowest BCUT2D eigenvalue weighted by atomic mass is 10.0. The van der Waals surface area contributed by atoms with Gasteiger partial charge in [-0.1, -0.05) is 127 Å². The van der Waals surface area contributed by atoms with Gasteiger partial charge < -0.3 is 77.6 Å². The SMILES string of the molecule is CN(CCN)CC1=CCN=C1/C=C/c1cc(C(F)(F)F)cc(C(F)(F)F)c1.CN(CCN)CC1=CCN=C1/C=C/c1ccc(F)cc1F.CN(CCN)CC1=CCN=C1CCc1ccccc1.CNCCN(C)Cc1cn[nH]c1/C=C/c1ccc(OC)cc1.COc1cc(/C=C/C2=NCC=C2CN(C)CCN)cc(OC)c1.Cc1ccc(/C=C/C2=NCC=C2CN(C)CCN)cc1. The monoisotopic (exact) mass is 1820 g/mol. The standard InChI is InChI=1S/C18H19F6N3.C18H25N3O2.C17H24N4O.C17H23N3.C16H19F2N3.C16H23N3/c1-27(7-5-25)11-13-4-6-26-16(13)3-2-12-8-14(17(19,20)21)10-15(9-12)18(22,23)24;1-21(9-7-19)13-15-6-8-20-18(15)5-4-14-10-16(22-2)12-17(11-14)23-3;1-18-10-11-21(2)13-15-12-19-20-17(15)9-6-14-4-7-16(22-3)8-5-14;1-14-3-5-15(6-4-14)7-8-17-16(9-11-19-17)13-20(2)12-10-18;1-21(9-7-19)11-13-6-8-20-16(13)5-3-12-2-4-14(17)10-15(12)18;1-19(12-10-17)13-15-9-11-18-16(15)8-7-14-5-3-2-4-6-14/h2-4,8-10H,5-7,11,25H2,1H3;4-6,10-12H,7-9,13,19H2,1-3H3;4-9,12,18H,10-11,13H2,1-3H3,(H,19,20);3-9H,10-13,18H2,1-2H3;2-6,10H,7-9,11,19H2,1H3;2-6,9H,7-8,10-13,17H2,1H3/b3-2+;5-4+;9-6+;8-7+;5-3+;. The first-order valence-electron chi connectivity index (χ1n) is 44.1. The van der Waals surface area contributed by atoms with E-state index in [1.54, 1.807) is 33.5 Å². The molecule has 30 heteroatoms. The summed E-state index contributed by atoms with van der Waals surface area (Å²) in [7, 11) is 19.2. The van der Waals surface area contributed by atoms with E-state index in [9.17, 15) is 35.1 Å². The highest BCUT2D eigenvalue weighted by molar-refractivity contribution is 6.14. The summed E-state index contributed by atoms with van der Waals surface area (Å²) in [5.41, 5.74) is 44.1. The largest absolute Gasteiger partial charge is 0.497 e. The van der Waals surface area contributed by atoms with E-state index in [-0.39, 0.29) is 11.6 Å². The first-order valence-corrected chi connectivity index (χ1v) is 44.1. The molecular formula is C102H133F8N19O3. The third-order valence-corrected chi connectivity index (χ3v) is 21.2. The Labute approximate surface area is 774 Å². The minimum atomic E-state index is -4.87. The molecule has 0 saturated carbocycles. The van der Waals surface area contributed by atoms with Crippen LogP contribution in [0.1, 0.15) is 67.7 Å². The van der Waals surface area contributed by atoms with E-state index in [2.05, 4.69) is 197 Å². The zero-order chi connectivity index (χ0) is 95.8. The van der Waals surface area contributed by atoms with Crippen molar-refractivity contribution in [2.45, 2.75) is 38.7 Å². The van der Waals surface area contributed by atoms with Gasteiger partial charge in [0, 0.05) is 147 Å². The molecule has 6 aromatic carbocycles. The number of methoxy groups -OCH3 is 3. The summed E-state index contributed by atoms with van der Waals surface area (Å²) < 4.78 is 120. The van der Waals surface area contributed by atoms with Gasteiger partial charge in [0.15, 0.2) is 0 Å². The maximum Gasteiger partial charge on any atom is 0.416 e. The van der Waals surface area contributed by atoms with Crippen LogP contribution in [-0.4, -0.2) is 283 Å². The fraction of sp³-hybridized carbons (Fsp3) is 0.373. The Balaban J connectivity index is 0.000000217. The molecule has 0 amide bonds. The van der Waals surface area contributed by atoms with Crippen molar-refractivity contribution in [3.63, 3.8) is 0 Å². The Kier molecular flexibility index (Phi) is 47.2. The fourth-order valence-corrected chi connectivity index (χ4v) is 14.0. The van der Waals surface area contributed by atoms with E-state index in [0.29, 0.717) is 82.3 Å². The summed E-state index contributed by atoms with van der Waals surface area (Å²) >= 11 is 0. The predicted molar refractivity (Wildman–Crippen MR) is 530 cm³/mol. The second-order valence-electron chi connectivity index (χ2n) is 32.1. The molecule has 5 aliphatic heterocycles. The fourth-order valence-electron chi connectivity index (χ4n) is 14.0. The summed E-state index contributed by atoms with van der Waals surface area (Å²) in [5.74, 6) is 1.26. The first kappa shape index (κ1) is 108. The van der Waals surface area contributed by atoms with Crippen LogP contribution in [0.15, 0.2) is 247 Å². The molecular weight excluding hydrogens is 1690 g/mol. The number of aromatic nitrogens is 2. The predicted octanol–water partition coefficient (Wildman–Crippen LogP) is 14.7. The van der Waals surface area contributed by atoms with Gasteiger partial charge in [-0.3, -0.25) is 30.1 Å². The highest BCUT2D eigenvalue weighted by Gasteiger charge is 2.37. The number of nitrogens with two attached hydrogens (primary N) is 5. The Morgan fingerprint density at radius 1 is 0.402 bits per heavy atom. The van der Waals surface area contributed by atoms with Crippen molar-refractivity contribution in [2.75, 3.05) is 215 Å². The lowest BCUT2D eigenvalue weighted by Crippen LogP contribution is -2.28. The van der Waals surface area contributed by atoms with Gasteiger partial charge in [-0.05, 0) is 216 Å². The number of nitrogens with one attached hydrogen (secondary N) is 2. The van der Waals surface area contributed by atoms with Gasteiger partial charge in [0.1, 0.15) is 28.9 Å². The molecule has 22 nitrogen and oxygen atoms in total. The second kappa shape index (κ2) is 57.8. The first-order chi connectivity index (χ1) is 63.5. The average Bonchev–Trinajstić information content (AvgIpc) is 1.01. The molecule has 12 N–H and O–H groups in total. The van der Waals surface area contributed by atoms with Crippen LogP contribution in [0.3, 0.4) is 0 Å². The number of rotatable bonds is 41. The Morgan fingerprint density at radius 2 is 0.795 bits per heavy atom. The second-order valence-corrected chi connectivity index (χ2v) is 32.1. The van der Waals surface area contributed by atoms with Crippen molar-refractivity contribution in [3.05, 3.63) is 295 Å². The third kappa shape index (κ3) is 39.2. The maximum absolute atomic E-state index is 13.6. The van der Waals surface area contributed by atoms with Crippen LogP contribution in [0, 0.1) is 18.6 Å². The minimum Gasteiger partial charge on any atom is -0.497 e. The van der Waals surface area contributed by atoms with Crippen LogP contribution in [-0.2, 0) is 25.3 Å². The highest BCUT2D eigenvalue weighted by Crippen LogP contribution is 2.37. The van der Waals surface area contributed by atoms with E-state index in [1.165, 1.54) is 69.0 Å². The number of nitrogens with zero attached hydrogens (tertiary/aromatic N) is 12. The molecule has 0 bridgehead atoms. The Hall–Kier alpha value is -11.4. The van der Waals surface area contributed by atoms with Crippen molar-refractivity contribution in [2.24, 2.45) is 53.6 Å². The number of hydrogen-bond donors (Lipinski definition) is 7. The normalized spacial score (nSPS) is 14.3. The van der Waals surface area contributed by atoms with Crippen molar-refractivity contribution < 1.29 is 49.3 Å². The number of aromatic amines is 1. The molecule has 710 valence electrons. The Bertz CT molecular complexity index is 5140. The lowest BCUT2D eigenvalue weighted by molar-refractivity contribution is -0.143. The summed E-state index contributed by atoms with van der Waals surface area (Å²) in [4.78, 5) is 35.3.